The maximum Gasteiger partial charge on any atom is 0.0947 e. The first-order valence-electron chi connectivity index (χ1n) is 11.1. The Labute approximate surface area is 164 Å². The fourth-order valence-corrected chi connectivity index (χ4v) is 8.65. The monoisotopic (exact) mass is 368 g/mol. The van der Waals surface area contributed by atoms with Crippen molar-refractivity contribution in [3.8, 4) is 0 Å². The van der Waals surface area contributed by atoms with Crippen LogP contribution < -0.4 is 0 Å². The van der Waals surface area contributed by atoms with Gasteiger partial charge in [-0.2, -0.15) is 0 Å². The van der Waals surface area contributed by atoms with Crippen molar-refractivity contribution in [1.82, 2.24) is 0 Å². The fraction of sp³-hybridized carbons (Fsp3) is 0.760. The predicted octanol–water partition coefficient (Wildman–Crippen LogP) is 6.03. The van der Waals surface area contributed by atoms with Gasteiger partial charge in [-0.05, 0) is 79.1 Å². The summed E-state index contributed by atoms with van der Waals surface area (Å²) in [6, 6.07) is 0. The van der Waals surface area contributed by atoms with E-state index in [-0.39, 0.29) is 16.9 Å². The number of fused-ring (bicyclic) bond motifs is 7. The lowest BCUT2D eigenvalue weighted by Gasteiger charge is -2.67. The van der Waals surface area contributed by atoms with Gasteiger partial charge in [0.1, 0.15) is 0 Å². The van der Waals surface area contributed by atoms with Gasteiger partial charge in [0.15, 0.2) is 0 Å². The molecule has 3 fully saturated rings. The molecule has 2 heteroatoms. The van der Waals surface area contributed by atoms with Crippen molar-refractivity contribution in [1.29, 1.82) is 0 Å². The number of furan rings is 1. The van der Waals surface area contributed by atoms with Crippen molar-refractivity contribution in [2.24, 2.45) is 28.1 Å². The third-order valence-corrected chi connectivity index (χ3v) is 9.92. The molecular weight excluding hydrogens is 332 g/mol. The van der Waals surface area contributed by atoms with Crippen LogP contribution in [0.2, 0.25) is 0 Å². The van der Waals surface area contributed by atoms with Gasteiger partial charge in [0.05, 0.1) is 18.6 Å². The molecule has 1 heterocycles. The minimum atomic E-state index is -0.320. The van der Waals surface area contributed by atoms with Gasteiger partial charge in [-0.1, -0.05) is 45.8 Å². The zero-order chi connectivity index (χ0) is 19.2. The molecule has 6 atom stereocenters. The second-order valence-corrected chi connectivity index (χ2v) is 11.5. The Morgan fingerprint density at radius 2 is 1.78 bits per heavy atom. The van der Waals surface area contributed by atoms with Crippen LogP contribution in [0.4, 0.5) is 0 Å². The standard InChI is InChI=1S/C25H36O2/c1-22(2)10-6-11-23(3)18(22)9-12-24(4)19-8-7-16-14-27-15-17(16)25(19,5)21(26)13-20(23)24/h8,14-15,18,20-21,26H,6-7,9-13H2,1-5H3/t18-,20+,21-,23-,24-,25+/m0/s1. The average Bonchev–Trinajstić information content (AvgIpc) is 3.06. The molecule has 0 unspecified atom stereocenters. The molecule has 0 bridgehead atoms. The Balaban J connectivity index is 1.64. The highest BCUT2D eigenvalue weighted by atomic mass is 16.3. The number of allylic oxidation sites excluding steroid dienone is 1. The molecule has 3 saturated carbocycles. The second kappa shape index (κ2) is 5.32. The van der Waals surface area contributed by atoms with E-state index in [1.165, 1.54) is 48.8 Å². The number of aliphatic hydroxyl groups excluding tert-OH is 1. The Hall–Kier alpha value is -1.02. The van der Waals surface area contributed by atoms with Crippen LogP contribution in [0.25, 0.3) is 0 Å². The van der Waals surface area contributed by atoms with E-state index >= 15 is 0 Å². The van der Waals surface area contributed by atoms with E-state index in [9.17, 15) is 5.11 Å². The summed E-state index contributed by atoms with van der Waals surface area (Å²) in [4.78, 5) is 0. The summed E-state index contributed by atoms with van der Waals surface area (Å²) in [5.74, 6) is 1.35. The molecular formula is C25H36O2. The Kier molecular flexibility index (Phi) is 3.55. The van der Waals surface area contributed by atoms with Crippen LogP contribution in [-0.4, -0.2) is 11.2 Å². The SMILES string of the molecule is CC1(C)CCC[C@]2(C)[C@H]3C[C@H](O)[C@@]4(C)C(=CCc5cocc54)[C@]3(C)CC[C@@H]12. The molecule has 0 aliphatic heterocycles. The predicted molar refractivity (Wildman–Crippen MR) is 109 cm³/mol. The van der Waals surface area contributed by atoms with Crippen LogP contribution in [0.3, 0.4) is 0 Å². The summed E-state index contributed by atoms with van der Waals surface area (Å²) in [5, 5.41) is 11.5. The summed E-state index contributed by atoms with van der Waals surface area (Å²) >= 11 is 0. The molecule has 4 aliphatic carbocycles. The van der Waals surface area contributed by atoms with Gasteiger partial charge in [0, 0.05) is 11.0 Å². The molecule has 0 aromatic carbocycles. The summed E-state index contributed by atoms with van der Waals surface area (Å²) in [6.45, 7) is 12.4. The van der Waals surface area contributed by atoms with Gasteiger partial charge in [0.25, 0.3) is 0 Å². The first kappa shape index (κ1) is 18.0. The lowest BCUT2D eigenvalue weighted by molar-refractivity contribution is -0.152. The van der Waals surface area contributed by atoms with E-state index in [2.05, 4.69) is 40.7 Å². The van der Waals surface area contributed by atoms with Crippen molar-refractivity contribution >= 4 is 0 Å². The van der Waals surface area contributed by atoms with Gasteiger partial charge >= 0.3 is 0 Å². The Bertz CT molecular complexity index is 801. The quantitative estimate of drug-likeness (QED) is 0.567. The number of hydrogen-bond acceptors (Lipinski definition) is 2. The molecule has 1 N–H and O–H groups in total. The van der Waals surface area contributed by atoms with Gasteiger partial charge in [-0.25, -0.2) is 0 Å². The molecule has 2 nitrogen and oxygen atoms in total. The largest absolute Gasteiger partial charge is 0.472 e. The van der Waals surface area contributed by atoms with Crippen LogP contribution >= 0.6 is 0 Å². The Morgan fingerprint density at radius 1 is 1.00 bits per heavy atom. The molecule has 0 saturated heterocycles. The van der Waals surface area contributed by atoms with Crippen LogP contribution in [0.15, 0.2) is 28.6 Å². The molecule has 148 valence electrons. The van der Waals surface area contributed by atoms with Gasteiger partial charge in [0.2, 0.25) is 0 Å². The van der Waals surface area contributed by atoms with Crippen molar-refractivity contribution in [2.45, 2.75) is 91.1 Å². The molecule has 0 amide bonds. The van der Waals surface area contributed by atoms with Crippen LogP contribution in [-0.2, 0) is 11.8 Å². The van der Waals surface area contributed by atoms with E-state index in [0.717, 1.165) is 18.8 Å². The third-order valence-electron chi connectivity index (χ3n) is 9.92. The van der Waals surface area contributed by atoms with E-state index < -0.39 is 0 Å². The lowest BCUT2D eigenvalue weighted by Crippen LogP contribution is -2.62. The average molecular weight is 369 g/mol. The number of aliphatic hydroxyl groups is 1. The van der Waals surface area contributed by atoms with E-state index in [0.29, 0.717) is 16.7 Å². The zero-order valence-corrected chi connectivity index (χ0v) is 17.8. The van der Waals surface area contributed by atoms with E-state index in [1.807, 2.05) is 12.5 Å². The summed E-state index contributed by atoms with van der Waals surface area (Å²) in [7, 11) is 0. The normalized spacial score (nSPS) is 47.9. The smallest absolute Gasteiger partial charge is 0.0947 e. The van der Waals surface area contributed by atoms with Crippen molar-refractivity contribution in [3.63, 3.8) is 0 Å². The van der Waals surface area contributed by atoms with Crippen molar-refractivity contribution in [3.05, 3.63) is 35.3 Å². The summed E-state index contributed by atoms with van der Waals surface area (Å²) in [5.41, 5.74) is 4.70. The molecule has 0 radical (unpaired) electrons. The van der Waals surface area contributed by atoms with Gasteiger partial charge in [-0.3, -0.25) is 0 Å². The highest BCUT2D eigenvalue weighted by Crippen LogP contribution is 2.71. The molecule has 1 aromatic rings. The third kappa shape index (κ3) is 2.06. The van der Waals surface area contributed by atoms with Gasteiger partial charge in [-0.15, -0.1) is 0 Å². The maximum absolute atomic E-state index is 11.5. The topological polar surface area (TPSA) is 33.4 Å². The molecule has 0 spiro atoms. The first-order chi connectivity index (χ1) is 12.6. The maximum atomic E-state index is 11.5. The molecule has 27 heavy (non-hydrogen) atoms. The molecule has 1 aromatic heterocycles. The first-order valence-corrected chi connectivity index (χ1v) is 11.1. The summed E-state index contributed by atoms with van der Waals surface area (Å²) in [6.07, 6.45) is 14.4. The molecule has 4 aliphatic rings. The molecule has 5 rings (SSSR count). The second-order valence-electron chi connectivity index (χ2n) is 11.5. The van der Waals surface area contributed by atoms with Gasteiger partial charge < -0.3 is 9.52 Å². The minimum absolute atomic E-state index is 0.196. The minimum Gasteiger partial charge on any atom is -0.472 e. The lowest BCUT2D eigenvalue weighted by atomic mass is 9.37. The zero-order valence-electron chi connectivity index (χ0n) is 17.8. The fourth-order valence-electron chi connectivity index (χ4n) is 8.65. The highest BCUT2D eigenvalue weighted by molar-refractivity contribution is 5.50. The van der Waals surface area contributed by atoms with Crippen LogP contribution in [0.1, 0.15) is 84.3 Å². The number of rotatable bonds is 0. The Morgan fingerprint density at radius 3 is 2.56 bits per heavy atom. The van der Waals surface area contributed by atoms with Crippen molar-refractivity contribution in [2.75, 3.05) is 0 Å². The van der Waals surface area contributed by atoms with Crippen molar-refractivity contribution < 1.29 is 9.52 Å². The number of hydrogen-bond donors (Lipinski definition) is 1. The van der Waals surface area contributed by atoms with E-state index in [4.69, 9.17) is 4.42 Å². The van der Waals surface area contributed by atoms with Crippen LogP contribution in [0, 0.1) is 28.1 Å². The summed E-state index contributed by atoms with van der Waals surface area (Å²) < 4.78 is 5.59. The highest BCUT2D eigenvalue weighted by Gasteiger charge is 2.65. The van der Waals surface area contributed by atoms with E-state index in [1.54, 1.807) is 0 Å². The van der Waals surface area contributed by atoms with Crippen LogP contribution in [0.5, 0.6) is 0 Å².